The van der Waals surface area contributed by atoms with Gasteiger partial charge in [-0.25, -0.2) is 0 Å². The van der Waals surface area contributed by atoms with Crippen LogP contribution in [-0.4, -0.2) is 24.2 Å². The summed E-state index contributed by atoms with van der Waals surface area (Å²) in [6.45, 7) is 4.89. The largest absolute Gasteiger partial charge is 0.492 e. The molecule has 0 unspecified atom stereocenters. The summed E-state index contributed by atoms with van der Waals surface area (Å²) in [6, 6.07) is 3.84. The van der Waals surface area contributed by atoms with E-state index < -0.39 is 0 Å². The zero-order valence-corrected chi connectivity index (χ0v) is 11.1. The van der Waals surface area contributed by atoms with Crippen LogP contribution in [0.2, 0.25) is 0 Å². The molecular formula is C14H21NO3. The van der Waals surface area contributed by atoms with Gasteiger partial charge in [0.25, 0.3) is 0 Å². The molecule has 1 heterocycles. The molecule has 0 aromatic carbocycles. The summed E-state index contributed by atoms with van der Waals surface area (Å²) in [5, 5.41) is 0. The first-order valence-electron chi connectivity index (χ1n) is 6.43. The second-order valence-electron chi connectivity index (χ2n) is 4.10. The Labute approximate surface area is 108 Å². The second kappa shape index (κ2) is 8.50. The summed E-state index contributed by atoms with van der Waals surface area (Å²) in [5.74, 6) is 0.687. The lowest BCUT2D eigenvalue weighted by Crippen LogP contribution is -2.04. The number of aromatic nitrogens is 1. The van der Waals surface area contributed by atoms with Crippen LogP contribution < -0.4 is 4.74 Å². The van der Waals surface area contributed by atoms with E-state index in [-0.39, 0.29) is 5.97 Å². The van der Waals surface area contributed by atoms with Crippen LogP contribution in [0.25, 0.3) is 0 Å². The van der Waals surface area contributed by atoms with Gasteiger partial charge in [-0.3, -0.25) is 9.78 Å². The number of carbonyl (C=O) groups excluding carboxylic acids is 1. The first-order chi connectivity index (χ1) is 8.72. The minimum Gasteiger partial charge on any atom is -0.492 e. The lowest BCUT2D eigenvalue weighted by molar-refractivity contribution is -0.143. The summed E-state index contributed by atoms with van der Waals surface area (Å²) < 4.78 is 10.4. The van der Waals surface area contributed by atoms with Crippen molar-refractivity contribution in [3.63, 3.8) is 0 Å². The fourth-order valence-electron chi connectivity index (χ4n) is 1.51. The third kappa shape index (κ3) is 6.23. The van der Waals surface area contributed by atoms with E-state index in [1.165, 1.54) is 0 Å². The van der Waals surface area contributed by atoms with Crippen molar-refractivity contribution in [3.05, 3.63) is 24.0 Å². The molecular weight excluding hydrogens is 230 g/mol. The average Bonchev–Trinajstić information content (AvgIpc) is 2.36. The number of rotatable bonds is 8. The molecule has 0 aliphatic heterocycles. The van der Waals surface area contributed by atoms with E-state index in [9.17, 15) is 4.79 Å². The fraction of sp³-hybridized carbons (Fsp3) is 0.571. The summed E-state index contributed by atoms with van der Waals surface area (Å²) >= 11 is 0. The first kappa shape index (κ1) is 14.5. The second-order valence-corrected chi connectivity index (χ2v) is 4.10. The maximum Gasteiger partial charge on any atom is 0.305 e. The number of pyridine rings is 1. The van der Waals surface area contributed by atoms with Crippen molar-refractivity contribution < 1.29 is 14.3 Å². The molecule has 1 rings (SSSR count). The van der Waals surface area contributed by atoms with Crippen LogP contribution in [0.15, 0.2) is 18.3 Å². The molecule has 4 heteroatoms. The lowest BCUT2D eigenvalue weighted by Gasteiger charge is -2.05. The highest BCUT2D eigenvalue weighted by molar-refractivity contribution is 5.69. The molecule has 0 aliphatic rings. The van der Waals surface area contributed by atoms with Gasteiger partial charge in [-0.05, 0) is 45.2 Å². The minimum absolute atomic E-state index is 0.110. The van der Waals surface area contributed by atoms with Gasteiger partial charge >= 0.3 is 5.97 Å². The molecule has 1 aromatic heterocycles. The maximum atomic E-state index is 11.1. The van der Waals surface area contributed by atoms with Crippen molar-refractivity contribution in [1.29, 1.82) is 0 Å². The van der Waals surface area contributed by atoms with Crippen LogP contribution in [0.4, 0.5) is 0 Å². The van der Waals surface area contributed by atoms with Crippen molar-refractivity contribution >= 4 is 5.97 Å². The molecule has 0 saturated carbocycles. The zero-order chi connectivity index (χ0) is 13.2. The van der Waals surface area contributed by atoms with Gasteiger partial charge in [0.15, 0.2) is 0 Å². The standard InChI is InChI=1S/C14H21NO3/c1-3-17-14(16)7-5-4-6-10-18-13-9-8-12(2)15-11-13/h8-9,11H,3-7,10H2,1-2H3. The lowest BCUT2D eigenvalue weighted by atomic mass is 10.2. The summed E-state index contributed by atoms with van der Waals surface area (Å²) in [4.78, 5) is 15.2. The number of ether oxygens (including phenoxy) is 2. The van der Waals surface area contributed by atoms with Gasteiger partial charge in [-0.2, -0.15) is 0 Å². The SMILES string of the molecule is CCOC(=O)CCCCCOc1ccc(C)nc1. The van der Waals surface area contributed by atoms with E-state index in [0.29, 0.717) is 19.6 Å². The van der Waals surface area contributed by atoms with E-state index in [2.05, 4.69) is 4.98 Å². The Balaban J connectivity index is 2.02. The first-order valence-corrected chi connectivity index (χ1v) is 6.43. The van der Waals surface area contributed by atoms with Crippen molar-refractivity contribution in [2.45, 2.75) is 39.5 Å². The Hall–Kier alpha value is -1.58. The quantitative estimate of drug-likeness (QED) is 0.526. The van der Waals surface area contributed by atoms with E-state index >= 15 is 0 Å². The molecule has 0 fully saturated rings. The normalized spacial score (nSPS) is 10.1. The smallest absolute Gasteiger partial charge is 0.305 e. The number of hydrogen-bond acceptors (Lipinski definition) is 4. The van der Waals surface area contributed by atoms with Crippen molar-refractivity contribution in [2.24, 2.45) is 0 Å². The molecule has 100 valence electrons. The van der Waals surface area contributed by atoms with Gasteiger partial charge in [0.2, 0.25) is 0 Å². The monoisotopic (exact) mass is 251 g/mol. The van der Waals surface area contributed by atoms with Gasteiger partial charge in [0.05, 0.1) is 19.4 Å². The zero-order valence-electron chi connectivity index (χ0n) is 11.1. The number of aryl methyl sites for hydroxylation is 1. The Morgan fingerprint density at radius 1 is 1.28 bits per heavy atom. The highest BCUT2D eigenvalue weighted by atomic mass is 16.5. The van der Waals surface area contributed by atoms with Gasteiger partial charge in [-0.1, -0.05) is 0 Å². The van der Waals surface area contributed by atoms with E-state index in [1.54, 1.807) is 6.20 Å². The Bertz CT molecular complexity index is 349. The Morgan fingerprint density at radius 3 is 2.78 bits per heavy atom. The number of unbranched alkanes of at least 4 members (excludes halogenated alkanes) is 2. The van der Waals surface area contributed by atoms with Gasteiger partial charge in [0.1, 0.15) is 5.75 Å². The highest BCUT2D eigenvalue weighted by Gasteiger charge is 2.00. The summed E-state index contributed by atoms with van der Waals surface area (Å²) in [7, 11) is 0. The van der Waals surface area contributed by atoms with Crippen LogP contribution >= 0.6 is 0 Å². The van der Waals surface area contributed by atoms with Crippen LogP contribution in [0, 0.1) is 6.92 Å². The average molecular weight is 251 g/mol. The Kier molecular flexibility index (Phi) is 6.84. The number of hydrogen-bond donors (Lipinski definition) is 0. The summed E-state index contributed by atoms with van der Waals surface area (Å²) in [6.07, 6.45) is 4.99. The molecule has 0 saturated heterocycles. The number of esters is 1. The minimum atomic E-state index is -0.110. The van der Waals surface area contributed by atoms with Gasteiger partial charge in [0, 0.05) is 12.1 Å². The van der Waals surface area contributed by atoms with Crippen LogP contribution in [0.3, 0.4) is 0 Å². The molecule has 18 heavy (non-hydrogen) atoms. The van der Waals surface area contributed by atoms with E-state index in [0.717, 1.165) is 30.7 Å². The molecule has 4 nitrogen and oxygen atoms in total. The molecule has 0 aliphatic carbocycles. The van der Waals surface area contributed by atoms with Gasteiger partial charge < -0.3 is 9.47 Å². The molecule has 0 N–H and O–H groups in total. The maximum absolute atomic E-state index is 11.1. The molecule has 0 bridgehead atoms. The predicted molar refractivity (Wildman–Crippen MR) is 69.6 cm³/mol. The fourth-order valence-corrected chi connectivity index (χ4v) is 1.51. The number of carbonyl (C=O) groups is 1. The van der Waals surface area contributed by atoms with Crippen molar-refractivity contribution in [1.82, 2.24) is 4.98 Å². The molecule has 0 amide bonds. The van der Waals surface area contributed by atoms with Gasteiger partial charge in [-0.15, -0.1) is 0 Å². The Morgan fingerprint density at radius 2 is 2.11 bits per heavy atom. The third-order valence-corrected chi connectivity index (χ3v) is 2.48. The number of nitrogens with zero attached hydrogens (tertiary/aromatic N) is 1. The van der Waals surface area contributed by atoms with Crippen molar-refractivity contribution in [2.75, 3.05) is 13.2 Å². The third-order valence-electron chi connectivity index (χ3n) is 2.48. The van der Waals surface area contributed by atoms with Crippen LogP contribution in [0.5, 0.6) is 5.75 Å². The summed E-state index contributed by atoms with van der Waals surface area (Å²) in [5.41, 5.74) is 0.983. The topological polar surface area (TPSA) is 48.4 Å². The molecule has 0 radical (unpaired) electrons. The van der Waals surface area contributed by atoms with E-state index in [4.69, 9.17) is 9.47 Å². The molecule has 0 atom stereocenters. The molecule has 1 aromatic rings. The molecule has 0 spiro atoms. The van der Waals surface area contributed by atoms with Crippen LogP contribution in [0.1, 0.15) is 38.3 Å². The van der Waals surface area contributed by atoms with E-state index in [1.807, 2.05) is 26.0 Å². The van der Waals surface area contributed by atoms with Crippen LogP contribution in [-0.2, 0) is 9.53 Å². The van der Waals surface area contributed by atoms with Crippen molar-refractivity contribution in [3.8, 4) is 5.75 Å². The highest BCUT2D eigenvalue weighted by Crippen LogP contribution is 2.10. The predicted octanol–water partition coefficient (Wildman–Crippen LogP) is 2.89.